The van der Waals surface area contributed by atoms with Crippen LogP contribution in [0.25, 0.3) is 0 Å². The predicted octanol–water partition coefficient (Wildman–Crippen LogP) is 2.19. The summed E-state index contributed by atoms with van der Waals surface area (Å²) in [6.45, 7) is 2.58. The van der Waals surface area contributed by atoms with E-state index in [0.29, 0.717) is 6.42 Å². The number of nitrogens with two attached hydrogens (primary N) is 1. The number of rotatable bonds is 6. The van der Waals surface area contributed by atoms with Gasteiger partial charge >= 0.3 is 0 Å². The Labute approximate surface area is 130 Å². The number of halogens is 2. The fourth-order valence-corrected chi connectivity index (χ4v) is 3.64. The summed E-state index contributed by atoms with van der Waals surface area (Å²) in [4.78, 5) is 1.93. The first-order valence-electron chi connectivity index (χ1n) is 6.05. The second-order valence-electron chi connectivity index (χ2n) is 4.89. The summed E-state index contributed by atoms with van der Waals surface area (Å²) in [6, 6.07) is 2.56. The van der Waals surface area contributed by atoms with Crippen LogP contribution in [0.2, 0.25) is 10.0 Å². The van der Waals surface area contributed by atoms with Gasteiger partial charge < -0.3 is 10.6 Å². The second kappa shape index (κ2) is 6.95. The number of hydrogen-bond donors (Lipinski definition) is 2. The zero-order valence-electron chi connectivity index (χ0n) is 11.7. The third-order valence-electron chi connectivity index (χ3n) is 2.75. The number of nitrogen functional groups attached to an aromatic ring is 1. The molecule has 114 valence electrons. The lowest BCUT2D eigenvalue weighted by Gasteiger charge is -2.17. The summed E-state index contributed by atoms with van der Waals surface area (Å²) in [5.41, 5.74) is 5.71. The Morgan fingerprint density at radius 2 is 1.95 bits per heavy atom. The maximum absolute atomic E-state index is 12.3. The van der Waals surface area contributed by atoms with Crippen molar-refractivity contribution in [2.75, 3.05) is 26.4 Å². The molecule has 3 N–H and O–H groups in total. The molecule has 0 saturated carbocycles. The number of benzene rings is 1. The van der Waals surface area contributed by atoms with Gasteiger partial charge in [-0.05, 0) is 46.1 Å². The number of nitrogens with one attached hydrogen (secondary N) is 1. The third kappa shape index (κ3) is 4.49. The van der Waals surface area contributed by atoms with Crippen molar-refractivity contribution in [1.29, 1.82) is 0 Å². The molecule has 1 aromatic carbocycles. The Bertz CT molecular complexity index is 576. The van der Waals surface area contributed by atoms with E-state index in [1.54, 1.807) is 6.92 Å². The van der Waals surface area contributed by atoms with E-state index in [0.717, 1.165) is 6.54 Å². The molecule has 0 radical (unpaired) electrons. The summed E-state index contributed by atoms with van der Waals surface area (Å²) < 4.78 is 27.1. The molecular formula is C12H19Cl2N3O2S. The van der Waals surface area contributed by atoms with Crippen molar-refractivity contribution in [2.24, 2.45) is 0 Å². The smallest absolute Gasteiger partial charge is 0.242 e. The van der Waals surface area contributed by atoms with Crippen LogP contribution in [0.3, 0.4) is 0 Å². The molecule has 0 aliphatic rings. The molecule has 1 aromatic rings. The van der Waals surface area contributed by atoms with Gasteiger partial charge in [-0.1, -0.05) is 23.2 Å². The Balaban J connectivity index is 2.92. The molecule has 1 atom stereocenters. The lowest BCUT2D eigenvalue weighted by molar-refractivity contribution is 0.379. The van der Waals surface area contributed by atoms with Gasteiger partial charge in [-0.2, -0.15) is 0 Å². The Kier molecular flexibility index (Phi) is 6.09. The molecule has 0 aliphatic carbocycles. The average molecular weight is 340 g/mol. The minimum Gasteiger partial charge on any atom is -0.396 e. The molecule has 0 aromatic heterocycles. The molecular weight excluding hydrogens is 321 g/mol. The van der Waals surface area contributed by atoms with Gasteiger partial charge in [-0.15, -0.1) is 0 Å². The Morgan fingerprint density at radius 1 is 1.35 bits per heavy atom. The lowest BCUT2D eigenvalue weighted by atomic mass is 10.2. The van der Waals surface area contributed by atoms with E-state index in [1.165, 1.54) is 12.1 Å². The molecule has 0 bridgehead atoms. The summed E-state index contributed by atoms with van der Waals surface area (Å²) in [5, 5.41) is 0.180. The predicted molar refractivity (Wildman–Crippen MR) is 83.8 cm³/mol. The monoisotopic (exact) mass is 339 g/mol. The zero-order chi connectivity index (χ0) is 15.5. The second-order valence-corrected chi connectivity index (χ2v) is 7.36. The molecule has 0 saturated heterocycles. The van der Waals surface area contributed by atoms with Crippen LogP contribution < -0.4 is 10.5 Å². The van der Waals surface area contributed by atoms with E-state index in [2.05, 4.69) is 4.72 Å². The standard InChI is InChI=1S/C12H19Cl2N3O2S/c1-8(6-7-17(2)3)16-20(18,19)10-5-4-9(13)12(15)11(10)14/h4-5,8,16H,6-7,15H2,1-3H3. The molecule has 8 heteroatoms. The van der Waals surface area contributed by atoms with E-state index in [1.807, 2.05) is 19.0 Å². The van der Waals surface area contributed by atoms with Crippen molar-refractivity contribution >= 4 is 38.9 Å². The van der Waals surface area contributed by atoms with Crippen LogP contribution >= 0.6 is 23.2 Å². The molecule has 1 unspecified atom stereocenters. The van der Waals surface area contributed by atoms with Crippen LogP contribution in [0.4, 0.5) is 5.69 Å². The SMILES string of the molecule is CC(CCN(C)C)NS(=O)(=O)c1ccc(Cl)c(N)c1Cl. The summed E-state index contributed by atoms with van der Waals surface area (Å²) in [7, 11) is 0.141. The van der Waals surface area contributed by atoms with Gasteiger partial charge in [0.15, 0.2) is 0 Å². The summed E-state index contributed by atoms with van der Waals surface area (Å²) >= 11 is 11.8. The van der Waals surface area contributed by atoms with Gasteiger partial charge in [-0.25, -0.2) is 13.1 Å². The van der Waals surface area contributed by atoms with Crippen molar-refractivity contribution in [2.45, 2.75) is 24.3 Å². The van der Waals surface area contributed by atoms with E-state index in [4.69, 9.17) is 28.9 Å². The molecule has 0 fully saturated rings. The molecule has 0 aliphatic heterocycles. The van der Waals surface area contributed by atoms with Crippen LogP contribution in [-0.2, 0) is 10.0 Å². The number of sulfonamides is 1. The fourth-order valence-electron chi connectivity index (χ4n) is 1.60. The van der Waals surface area contributed by atoms with Crippen LogP contribution in [0.15, 0.2) is 17.0 Å². The topological polar surface area (TPSA) is 75.4 Å². The maximum atomic E-state index is 12.3. The van der Waals surface area contributed by atoms with Crippen molar-refractivity contribution in [3.8, 4) is 0 Å². The van der Waals surface area contributed by atoms with E-state index in [-0.39, 0.29) is 26.7 Å². The van der Waals surface area contributed by atoms with Crippen molar-refractivity contribution in [3.05, 3.63) is 22.2 Å². The fraction of sp³-hybridized carbons (Fsp3) is 0.500. The van der Waals surface area contributed by atoms with Gasteiger partial charge in [0.1, 0.15) is 4.90 Å². The number of hydrogen-bond acceptors (Lipinski definition) is 4. The van der Waals surface area contributed by atoms with Crippen molar-refractivity contribution in [3.63, 3.8) is 0 Å². The Morgan fingerprint density at radius 3 is 2.50 bits per heavy atom. The molecule has 0 amide bonds. The highest BCUT2D eigenvalue weighted by molar-refractivity contribution is 7.89. The molecule has 20 heavy (non-hydrogen) atoms. The maximum Gasteiger partial charge on any atom is 0.242 e. The number of nitrogens with zero attached hydrogens (tertiary/aromatic N) is 1. The van der Waals surface area contributed by atoms with Gasteiger partial charge in [0.05, 0.1) is 15.7 Å². The highest BCUT2D eigenvalue weighted by Crippen LogP contribution is 2.33. The van der Waals surface area contributed by atoms with Crippen LogP contribution in [0, 0.1) is 0 Å². The van der Waals surface area contributed by atoms with Gasteiger partial charge in [-0.3, -0.25) is 0 Å². The normalized spacial score (nSPS) is 13.7. The minimum atomic E-state index is -3.72. The summed E-state index contributed by atoms with van der Waals surface area (Å²) in [5.74, 6) is 0. The molecule has 0 heterocycles. The number of anilines is 1. The van der Waals surface area contributed by atoms with E-state index < -0.39 is 10.0 Å². The summed E-state index contributed by atoms with van der Waals surface area (Å²) in [6.07, 6.45) is 0.687. The van der Waals surface area contributed by atoms with Gasteiger partial charge in [0, 0.05) is 6.04 Å². The molecule has 1 rings (SSSR count). The molecule has 5 nitrogen and oxygen atoms in total. The zero-order valence-corrected chi connectivity index (χ0v) is 14.0. The largest absolute Gasteiger partial charge is 0.396 e. The first kappa shape index (κ1) is 17.5. The van der Waals surface area contributed by atoms with Crippen LogP contribution in [0.5, 0.6) is 0 Å². The van der Waals surface area contributed by atoms with Gasteiger partial charge in [0.2, 0.25) is 10.0 Å². The average Bonchev–Trinajstić information content (AvgIpc) is 2.32. The highest BCUT2D eigenvalue weighted by atomic mass is 35.5. The van der Waals surface area contributed by atoms with Crippen LogP contribution in [-0.4, -0.2) is 40.0 Å². The third-order valence-corrected chi connectivity index (χ3v) is 5.23. The molecule has 0 spiro atoms. The van der Waals surface area contributed by atoms with Crippen LogP contribution in [0.1, 0.15) is 13.3 Å². The van der Waals surface area contributed by atoms with Crippen molar-refractivity contribution < 1.29 is 8.42 Å². The minimum absolute atomic E-state index is 0.0511. The van der Waals surface area contributed by atoms with E-state index in [9.17, 15) is 8.42 Å². The van der Waals surface area contributed by atoms with Crippen molar-refractivity contribution in [1.82, 2.24) is 9.62 Å². The first-order chi connectivity index (χ1) is 9.15. The van der Waals surface area contributed by atoms with E-state index >= 15 is 0 Å². The van der Waals surface area contributed by atoms with Gasteiger partial charge in [0.25, 0.3) is 0 Å². The quantitative estimate of drug-likeness (QED) is 0.779. The highest BCUT2D eigenvalue weighted by Gasteiger charge is 2.22. The first-order valence-corrected chi connectivity index (χ1v) is 8.29. The lowest BCUT2D eigenvalue weighted by Crippen LogP contribution is -2.35. The Hall–Kier alpha value is -0.530.